The van der Waals surface area contributed by atoms with Crippen molar-refractivity contribution >= 4 is 11.0 Å². The Hall–Kier alpha value is -2.43. The third-order valence-electron chi connectivity index (χ3n) is 5.33. The van der Waals surface area contributed by atoms with Crippen molar-refractivity contribution in [2.45, 2.75) is 50.0 Å². The van der Waals surface area contributed by atoms with Crippen molar-refractivity contribution < 1.29 is 39.1 Å². The average Bonchev–Trinajstić information content (AvgIpc) is 2.73. The highest BCUT2D eigenvalue weighted by Crippen LogP contribution is 2.38. The van der Waals surface area contributed by atoms with E-state index in [2.05, 4.69) is 6.58 Å². The van der Waals surface area contributed by atoms with E-state index in [0.29, 0.717) is 10.9 Å². The van der Waals surface area contributed by atoms with E-state index in [-0.39, 0.29) is 17.1 Å². The molecular formula is C21H26O9. The van der Waals surface area contributed by atoms with Crippen LogP contribution in [0.1, 0.15) is 19.4 Å². The number of aliphatic hydroxyl groups excluding tert-OH is 4. The standard InChI is InChI=1S/C21H26O9/c1-5-21(2,3)11-8-10-6-7-12(27-4)18(17(10)29-19(11)26)30-20-16(25)15(24)14(23)13(9-22)28-20/h5-8,13-16,20,22-25H,1,9H2,2-4H3. The largest absolute Gasteiger partial charge is 0.493 e. The van der Waals surface area contributed by atoms with Crippen molar-refractivity contribution in [2.24, 2.45) is 0 Å². The summed E-state index contributed by atoms with van der Waals surface area (Å²) in [5.41, 5.74) is -0.777. The minimum Gasteiger partial charge on any atom is -0.493 e. The Kier molecular flexibility index (Phi) is 6.21. The van der Waals surface area contributed by atoms with Crippen LogP contribution in [-0.4, -0.2) is 64.8 Å². The predicted octanol–water partition coefficient (Wildman–Crippen LogP) is 0.444. The average molecular weight is 422 g/mol. The lowest BCUT2D eigenvalue weighted by Gasteiger charge is -2.39. The van der Waals surface area contributed by atoms with Crippen molar-refractivity contribution in [1.29, 1.82) is 0 Å². The second kappa shape index (κ2) is 8.37. The van der Waals surface area contributed by atoms with Gasteiger partial charge in [0.25, 0.3) is 0 Å². The molecule has 9 nitrogen and oxygen atoms in total. The Balaban J connectivity index is 2.09. The van der Waals surface area contributed by atoms with Gasteiger partial charge < -0.3 is 39.1 Å². The first-order valence-electron chi connectivity index (χ1n) is 9.40. The van der Waals surface area contributed by atoms with Gasteiger partial charge >= 0.3 is 5.63 Å². The highest BCUT2D eigenvalue weighted by Gasteiger charge is 2.45. The van der Waals surface area contributed by atoms with Crippen molar-refractivity contribution in [3.63, 3.8) is 0 Å². The van der Waals surface area contributed by atoms with Gasteiger partial charge in [-0.05, 0) is 18.2 Å². The second-order valence-corrected chi connectivity index (χ2v) is 7.70. The summed E-state index contributed by atoms with van der Waals surface area (Å²) in [5.74, 6) is 0.165. The van der Waals surface area contributed by atoms with Crippen molar-refractivity contribution in [3.8, 4) is 11.5 Å². The molecule has 1 saturated heterocycles. The Bertz CT molecular complexity index is 978. The molecular weight excluding hydrogens is 396 g/mol. The van der Waals surface area contributed by atoms with Crippen LogP contribution in [0.25, 0.3) is 11.0 Å². The molecule has 5 atom stereocenters. The number of aliphatic hydroxyl groups is 4. The van der Waals surface area contributed by atoms with Crippen LogP contribution in [0.5, 0.6) is 11.5 Å². The highest BCUT2D eigenvalue weighted by molar-refractivity contribution is 5.86. The van der Waals surface area contributed by atoms with Gasteiger partial charge in [0.2, 0.25) is 12.0 Å². The fourth-order valence-corrected chi connectivity index (χ4v) is 3.25. The molecule has 1 aliphatic heterocycles. The summed E-state index contributed by atoms with van der Waals surface area (Å²) in [4.78, 5) is 12.6. The molecule has 30 heavy (non-hydrogen) atoms. The van der Waals surface area contributed by atoms with Gasteiger partial charge in [0.15, 0.2) is 11.3 Å². The lowest BCUT2D eigenvalue weighted by Crippen LogP contribution is -2.60. The normalized spacial score (nSPS) is 27.1. The first-order valence-corrected chi connectivity index (χ1v) is 9.40. The number of methoxy groups -OCH3 is 1. The fourth-order valence-electron chi connectivity index (χ4n) is 3.25. The number of hydrogen-bond donors (Lipinski definition) is 4. The van der Waals surface area contributed by atoms with Gasteiger partial charge in [0.1, 0.15) is 24.4 Å². The molecule has 0 saturated carbocycles. The van der Waals surface area contributed by atoms with E-state index in [9.17, 15) is 25.2 Å². The molecule has 3 rings (SSSR count). The van der Waals surface area contributed by atoms with E-state index < -0.39 is 48.4 Å². The maximum Gasteiger partial charge on any atom is 0.340 e. The Morgan fingerprint density at radius 3 is 2.50 bits per heavy atom. The molecule has 4 N–H and O–H groups in total. The molecule has 1 aromatic heterocycles. The molecule has 0 bridgehead atoms. The first-order chi connectivity index (χ1) is 14.1. The minimum absolute atomic E-state index is 0.0283. The lowest BCUT2D eigenvalue weighted by molar-refractivity contribution is -0.277. The monoisotopic (exact) mass is 422 g/mol. The topological polar surface area (TPSA) is 139 Å². The summed E-state index contributed by atoms with van der Waals surface area (Å²) in [7, 11) is 1.38. The Morgan fingerprint density at radius 2 is 1.90 bits per heavy atom. The van der Waals surface area contributed by atoms with Gasteiger partial charge in [-0.25, -0.2) is 4.79 Å². The van der Waals surface area contributed by atoms with Crippen LogP contribution >= 0.6 is 0 Å². The van der Waals surface area contributed by atoms with Crippen molar-refractivity contribution in [3.05, 3.63) is 46.8 Å². The number of fused-ring (bicyclic) bond motifs is 1. The number of rotatable bonds is 6. The minimum atomic E-state index is -1.63. The van der Waals surface area contributed by atoms with E-state index in [1.165, 1.54) is 7.11 Å². The third kappa shape index (κ3) is 3.82. The number of hydrogen-bond acceptors (Lipinski definition) is 9. The molecule has 0 spiro atoms. The zero-order valence-corrected chi connectivity index (χ0v) is 16.9. The number of allylic oxidation sites excluding steroid dienone is 1. The summed E-state index contributed by atoms with van der Waals surface area (Å²) in [6.07, 6.45) is -5.75. The zero-order valence-electron chi connectivity index (χ0n) is 16.9. The van der Waals surface area contributed by atoms with Crippen LogP contribution in [0.2, 0.25) is 0 Å². The fraction of sp³-hybridized carbons (Fsp3) is 0.476. The maximum absolute atomic E-state index is 12.6. The summed E-state index contributed by atoms with van der Waals surface area (Å²) >= 11 is 0. The molecule has 2 aromatic rings. The molecule has 0 amide bonds. The lowest BCUT2D eigenvalue weighted by atomic mass is 9.85. The summed E-state index contributed by atoms with van der Waals surface area (Å²) in [6, 6.07) is 4.93. The molecule has 2 heterocycles. The van der Waals surface area contributed by atoms with Crippen LogP contribution in [0, 0.1) is 0 Å². The Morgan fingerprint density at radius 1 is 1.20 bits per heavy atom. The second-order valence-electron chi connectivity index (χ2n) is 7.70. The predicted molar refractivity (Wildman–Crippen MR) is 107 cm³/mol. The molecule has 0 radical (unpaired) electrons. The molecule has 164 valence electrons. The smallest absolute Gasteiger partial charge is 0.340 e. The molecule has 1 aromatic carbocycles. The number of benzene rings is 1. The zero-order chi connectivity index (χ0) is 22.2. The third-order valence-corrected chi connectivity index (χ3v) is 5.33. The SMILES string of the molecule is C=CC(C)(C)c1cc2ccc(OC)c(OC3OC(CO)C(O)C(O)C3O)c2oc1=O. The van der Waals surface area contributed by atoms with E-state index in [1.54, 1.807) is 24.3 Å². The summed E-state index contributed by atoms with van der Waals surface area (Å²) in [6.45, 7) is 6.80. The van der Waals surface area contributed by atoms with E-state index in [0.717, 1.165) is 0 Å². The quantitative estimate of drug-likeness (QED) is 0.386. The highest BCUT2D eigenvalue weighted by atomic mass is 16.7. The van der Waals surface area contributed by atoms with Gasteiger partial charge in [-0.2, -0.15) is 0 Å². The van der Waals surface area contributed by atoms with Crippen LogP contribution in [0.4, 0.5) is 0 Å². The van der Waals surface area contributed by atoms with E-state index in [1.807, 2.05) is 13.8 Å². The van der Waals surface area contributed by atoms with Crippen molar-refractivity contribution in [2.75, 3.05) is 13.7 Å². The van der Waals surface area contributed by atoms with E-state index >= 15 is 0 Å². The van der Waals surface area contributed by atoms with Gasteiger partial charge in [-0.3, -0.25) is 0 Å². The van der Waals surface area contributed by atoms with Crippen LogP contribution in [0.3, 0.4) is 0 Å². The summed E-state index contributed by atoms with van der Waals surface area (Å²) < 4.78 is 21.9. The number of ether oxygens (including phenoxy) is 3. The summed E-state index contributed by atoms with van der Waals surface area (Å²) in [5, 5.41) is 40.1. The van der Waals surface area contributed by atoms with Gasteiger partial charge in [0.05, 0.1) is 13.7 Å². The van der Waals surface area contributed by atoms with Gasteiger partial charge in [0, 0.05) is 16.4 Å². The van der Waals surface area contributed by atoms with E-state index in [4.69, 9.17) is 18.6 Å². The van der Waals surface area contributed by atoms with Crippen molar-refractivity contribution in [1.82, 2.24) is 0 Å². The molecule has 9 heteroatoms. The Labute approximate surface area is 172 Å². The first kappa shape index (κ1) is 22.3. The van der Waals surface area contributed by atoms with Gasteiger partial charge in [-0.1, -0.05) is 19.9 Å². The van der Waals surface area contributed by atoms with Crippen LogP contribution in [0.15, 0.2) is 40.1 Å². The van der Waals surface area contributed by atoms with Crippen LogP contribution in [-0.2, 0) is 10.2 Å². The molecule has 5 unspecified atom stereocenters. The molecule has 1 fully saturated rings. The van der Waals surface area contributed by atoms with Gasteiger partial charge in [-0.15, -0.1) is 6.58 Å². The molecule has 1 aliphatic rings. The van der Waals surface area contributed by atoms with Crippen LogP contribution < -0.4 is 15.1 Å². The molecule has 0 aliphatic carbocycles. The maximum atomic E-state index is 12.6.